The maximum absolute atomic E-state index is 13.6. The normalized spacial score (nSPS) is 12.8. The number of aromatic nitrogens is 3. The third kappa shape index (κ3) is 2.06. The average Bonchev–Trinajstić information content (AvgIpc) is 2.75. The number of nitrogen functional groups attached to an aromatic ring is 1. The molecule has 0 aliphatic rings. The first kappa shape index (κ1) is 13.1. The Hall–Kier alpha value is -1.95. The molecule has 1 unspecified atom stereocenters. The lowest BCUT2D eigenvalue weighted by atomic mass is 10.2. The van der Waals surface area contributed by atoms with E-state index in [1.807, 2.05) is 29.7 Å². The minimum absolute atomic E-state index is 0.0847. The summed E-state index contributed by atoms with van der Waals surface area (Å²) < 4.78 is 15.8. The fourth-order valence-electron chi connectivity index (χ4n) is 2.27. The number of rotatable bonds is 2. The predicted molar refractivity (Wildman–Crippen MR) is 79.9 cm³/mol. The summed E-state index contributed by atoms with van der Waals surface area (Å²) in [5.41, 5.74) is 8.16. The molecule has 3 aromatic rings. The fraction of sp³-hybridized carbons (Fsp3) is 0.143. The number of pyridine rings is 1. The molecule has 0 spiro atoms. The average molecular weight is 335 g/mol. The molecule has 20 heavy (non-hydrogen) atoms. The zero-order valence-electron chi connectivity index (χ0n) is 10.7. The van der Waals surface area contributed by atoms with Crippen molar-refractivity contribution in [3.8, 4) is 0 Å². The highest BCUT2D eigenvalue weighted by molar-refractivity contribution is 9.10. The van der Waals surface area contributed by atoms with Crippen molar-refractivity contribution in [2.45, 2.75) is 13.0 Å². The van der Waals surface area contributed by atoms with E-state index in [1.54, 1.807) is 12.3 Å². The first-order valence-corrected chi connectivity index (χ1v) is 6.90. The molecule has 0 fully saturated rings. The molecular weight excluding hydrogens is 323 g/mol. The van der Waals surface area contributed by atoms with Crippen LogP contribution in [0.3, 0.4) is 0 Å². The number of fused-ring (bicyclic) bond motifs is 1. The Morgan fingerprint density at radius 3 is 2.85 bits per heavy atom. The lowest BCUT2D eigenvalue weighted by molar-refractivity contribution is 0.621. The summed E-state index contributed by atoms with van der Waals surface area (Å²) >= 11 is 3.19. The highest BCUT2D eigenvalue weighted by Crippen LogP contribution is 2.29. The van der Waals surface area contributed by atoms with Gasteiger partial charge in [-0.1, -0.05) is 6.07 Å². The van der Waals surface area contributed by atoms with Crippen molar-refractivity contribution in [2.24, 2.45) is 0 Å². The number of halogens is 2. The van der Waals surface area contributed by atoms with Crippen LogP contribution in [-0.4, -0.2) is 14.5 Å². The molecular formula is C14H12BrFN4. The molecule has 0 saturated heterocycles. The van der Waals surface area contributed by atoms with Crippen molar-refractivity contribution in [2.75, 3.05) is 5.73 Å². The molecule has 0 aliphatic carbocycles. The van der Waals surface area contributed by atoms with Crippen LogP contribution in [0.5, 0.6) is 0 Å². The van der Waals surface area contributed by atoms with Crippen LogP contribution in [0.25, 0.3) is 11.0 Å². The first-order chi connectivity index (χ1) is 9.58. The van der Waals surface area contributed by atoms with E-state index in [4.69, 9.17) is 5.73 Å². The van der Waals surface area contributed by atoms with Gasteiger partial charge >= 0.3 is 0 Å². The fourth-order valence-corrected chi connectivity index (χ4v) is 2.60. The number of imidazole rings is 1. The Morgan fingerprint density at radius 2 is 2.15 bits per heavy atom. The van der Waals surface area contributed by atoms with Gasteiger partial charge in [-0.2, -0.15) is 0 Å². The van der Waals surface area contributed by atoms with Crippen molar-refractivity contribution in [1.82, 2.24) is 14.5 Å². The van der Waals surface area contributed by atoms with Gasteiger partial charge in [-0.3, -0.25) is 4.98 Å². The second-order valence-corrected chi connectivity index (χ2v) is 5.38. The Kier molecular flexibility index (Phi) is 3.17. The van der Waals surface area contributed by atoms with Gasteiger partial charge in [-0.05, 0) is 41.1 Å². The predicted octanol–water partition coefficient (Wildman–Crippen LogP) is 3.52. The van der Waals surface area contributed by atoms with Crippen LogP contribution in [0.2, 0.25) is 0 Å². The molecule has 1 atom stereocenters. The summed E-state index contributed by atoms with van der Waals surface area (Å²) in [5.74, 6) is -0.0108. The molecule has 0 bridgehead atoms. The zero-order valence-corrected chi connectivity index (χ0v) is 12.3. The van der Waals surface area contributed by atoms with Gasteiger partial charge < -0.3 is 10.3 Å². The summed E-state index contributed by atoms with van der Waals surface area (Å²) in [6.07, 6.45) is 1.73. The molecule has 1 aromatic carbocycles. The standard InChI is InChI=1S/C14H12BrFN4/c1-8(11-4-2-3-5-18-11)20-13-6-9(15)10(16)7-12(13)19-14(20)17/h2-8H,1H3,(H2,17,19). The third-order valence-corrected chi connectivity index (χ3v) is 3.87. The van der Waals surface area contributed by atoms with Crippen LogP contribution in [0, 0.1) is 5.82 Å². The SMILES string of the molecule is CC(c1ccccn1)n1c(N)nc2cc(F)c(Br)cc21. The lowest BCUT2D eigenvalue weighted by Gasteiger charge is -2.15. The van der Waals surface area contributed by atoms with E-state index in [2.05, 4.69) is 25.9 Å². The van der Waals surface area contributed by atoms with Crippen LogP contribution in [0.1, 0.15) is 18.7 Å². The number of hydrogen-bond acceptors (Lipinski definition) is 3. The number of nitrogens with two attached hydrogens (primary N) is 1. The summed E-state index contributed by atoms with van der Waals surface area (Å²) in [5, 5.41) is 0. The van der Waals surface area contributed by atoms with E-state index in [-0.39, 0.29) is 11.9 Å². The van der Waals surface area contributed by atoms with Crippen LogP contribution in [0.15, 0.2) is 41.0 Å². The van der Waals surface area contributed by atoms with Gasteiger partial charge in [-0.25, -0.2) is 9.37 Å². The topological polar surface area (TPSA) is 56.7 Å². The molecule has 2 heterocycles. The smallest absolute Gasteiger partial charge is 0.201 e. The summed E-state index contributed by atoms with van der Waals surface area (Å²) in [4.78, 5) is 8.55. The molecule has 2 aromatic heterocycles. The summed E-state index contributed by atoms with van der Waals surface area (Å²) in [6, 6.07) is 8.68. The van der Waals surface area contributed by atoms with E-state index >= 15 is 0 Å². The minimum atomic E-state index is -0.354. The van der Waals surface area contributed by atoms with Gasteiger partial charge in [-0.15, -0.1) is 0 Å². The molecule has 0 amide bonds. The van der Waals surface area contributed by atoms with E-state index < -0.39 is 0 Å². The van der Waals surface area contributed by atoms with Gasteiger partial charge in [0.25, 0.3) is 0 Å². The molecule has 6 heteroatoms. The van der Waals surface area contributed by atoms with Crippen molar-refractivity contribution in [3.05, 3.63) is 52.5 Å². The molecule has 102 valence electrons. The number of benzene rings is 1. The number of anilines is 1. The van der Waals surface area contributed by atoms with Gasteiger partial charge in [0.15, 0.2) is 0 Å². The maximum Gasteiger partial charge on any atom is 0.201 e. The van der Waals surface area contributed by atoms with Crippen LogP contribution in [-0.2, 0) is 0 Å². The van der Waals surface area contributed by atoms with Crippen molar-refractivity contribution < 1.29 is 4.39 Å². The Balaban J connectivity index is 2.21. The van der Waals surface area contributed by atoms with Crippen LogP contribution >= 0.6 is 15.9 Å². The van der Waals surface area contributed by atoms with Crippen LogP contribution < -0.4 is 5.73 Å². The molecule has 0 saturated carbocycles. The van der Waals surface area contributed by atoms with E-state index in [9.17, 15) is 4.39 Å². The molecule has 2 N–H and O–H groups in total. The van der Waals surface area contributed by atoms with Crippen molar-refractivity contribution in [3.63, 3.8) is 0 Å². The van der Waals surface area contributed by atoms with Gasteiger partial charge in [0, 0.05) is 12.3 Å². The zero-order chi connectivity index (χ0) is 14.3. The Bertz CT molecular complexity index is 770. The Labute approximate surface area is 123 Å². The second kappa shape index (κ2) is 4.86. The first-order valence-electron chi connectivity index (χ1n) is 6.11. The molecule has 0 radical (unpaired) electrons. The minimum Gasteiger partial charge on any atom is -0.369 e. The van der Waals surface area contributed by atoms with Crippen molar-refractivity contribution >= 4 is 32.9 Å². The lowest BCUT2D eigenvalue weighted by Crippen LogP contribution is -2.11. The van der Waals surface area contributed by atoms with E-state index in [1.165, 1.54) is 6.07 Å². The highest BCUT2D eigenvalue weighted by Gasteiger charge is 2.17. The van der Waals surface area contributed by atoms with Gasteiger partial charge in [0.2, 0.25) is 5.95 Å². The second-order valence-electron chi connectivity index (χ2n) is 4.53. The monoisotopic (exact) mass is 334 g/mol. The highest BCUT2D eigenvalue weighted by atomic mass is 79.9. The van der Waals surface area contributed by atoms with Crippen molar-refractivity contribution in [1.29, 1.82) is 0 Å². The van der Waals surface area contributed by atoms with E-state index in [0.717, 1.165) is 11.2 Å². The number of nitrogens with zero attached hydrogens (tertiary/aromatic N) is 3. The largest absolute Gasteiger partial charge is 0.369 e. The van der Waals surface area contributed by atoms with Gasteiger partial charge in [0.05, 0.1) is 27.2 Å². The quantitative estimate of drug-likeness (QED) is 0.779. The number of hydrogen-bond donors (Lipinski definition) is 1. The molecule has 4 nitrogen and oxygen atoms in total. The van der Waals surface area contributed by atoms with Gasteiger partial charge in [0.1, 0.15) is 5.82 Å². The Morgan fingerprint density at radius 1 is 1.35 bits per heavy atom. The summed E-state index contributed by atoms with van der Waals surface area (Å²) in [7, 11) is 0. The van der Waals surface area contributed by atoms with E-state index in [0.29, 0.717) is 15.9 Å². The summed E-state index contributed by atoms with van der Waals surface area (Å²) in [6.45, 7) is 1.98. The van der Waals surface area contributed by atoms with Crippen LogP contribution in [0.4, 0.5) is 10.3 Å². The maximum atomic E-state index is 13.6. The molecule has 0 aliphatic heterocycles. The third-order valence-electron chi connectivity index (χ3n) is 3.26. The molecule has 3 rings (SSSR count).